The first-order valence-electron chi connectivity index (χ1n) is 9.16. The number of hydrogen-bond acceptors (Lipinski definition) is 5. The van der Waals surface area contributed by atoms with Crippen molar-refractivity contribution in [1.82, 2.24) is 15.5 Å². The number of hydrogen-bond donors (Lipinski definition) is 2. The number of nitrogens with zero attached hydrogens (tertiary/aromatic N) is 1. The zero-order valence-electron chi connectivity index (χ0n) is 14.5. The van der Waals surface area contributed by atoms with Crippen molar-refractivity contribution in [3.05, 3.63) is 22.4 Å². The molecule has 2 amide bonds. The number of thiophene rings is 1. The van der Waals surface area contributed by atoms with E-state index < -0.39 is 11.8 Å². The molecule has 1 aromatic rings. The molecule has 0 radical (unpaired) electrons. The van der Waals surface area contributed by atoms with Crippen molar-refractivity contribution in [3.63, 3.8) is 0 Å². The summed E-state index contributed by atoms with van der Waals surface area (Å²) in [7, 11) is 0. The molecule has 0 bridgehead atoms. The lowest BCUT2D eigenvalue weighted by molar-refractivity contribution is -0.140. The molecular formula is C18H27N3O3S. The first kappa shape index (κ1) is 18.4. The van der Waals surface area contributed by atoms with E-state index in [4.69, 9.17) is 4.74 Å². The normalized spacial score (nSPS) is 20.8. The Bertz CT molecular complexity index is 552. The van der Waals surface area contributed by atoms with Crippen LogP contribution in [0.2, 0.25) is 0 Å². The Morgan fingerprint density at radius 2 is 1.96 bits per heavy atom. The van der Waals surface area contributed by atoms with Crippen LogP contribution in [0.4, 0.5) is 0 Å². The molecule has 0 spiro atoms. The summed E-state index contributed by atoms with van der Waals surface area (Å²) in [6.45, 7) is 3.52. The Labute approximate surface area is 152 Å². The fourth-order valence-electron chi connectivity index (χ4n) is 3.58. The minimum absolute atomic E-state index is 0.0848. The first-order valence-corrected chi connectivity index (χ1v) is 10.1. The van der Waals surface area contributed by atoms with Crippen LogP contribution >= 0.6 is 11.3 Å². The van der Waals surface area contributed by atoms with Gasteiger partial charge in [-0.3, -0.25) is 14.5 Å². The van der Waals surface area contributed by atoms with Crippen molar-refractivity contribution in [2.24, 2.45) is 0 Å². The predicted molar refractivity (Wildman–Crippen MR) is 97.5 cm³/mol. The number of nitrogens with one attached hydrogen (secondary N) is 2. The van der Waals surface area contributed by atoms with Gasteiger partial charge in [0.15, 0.2) is 0 Å². The number of carbonyl (C=O) groups excluding carboxylic acids is 2. The van der Waals surface area contributed by atoms with Gasteiger partial charge in [-0.25, -0.2) is 0 Å². The second-order valence-corrected chi connectivity index (χ2v) is 7.52. The fraction of sp³-hybridized carbons (Fsp3) is 0.667. The lowest BCUT2D eigenvalue weighted by Crippen LogP contribution is -2.48. The topological polar surface area (TPSA) is 70.7 Å². The van der Waals surface area contributed by atoms with Gasteiger partial charge in [0.25, 0.3) is 0 Å². The molecule has 138 valence electrons. The van der Waals surface area contributed by atoms with Gasteiger partial charge in [0.2, 0.25) is 0 Å². The maximum absolute atomic E-state index is 12.2. The van der Waals surface area contributed by atoms with E-state index in [0.29, 0.717) is 19.8 Å². The van der Waals surface area contributed by atoms with Gasteiger partial charge in [-0.1, -0.05) is 19.3 Å². The predicted octanol–water partition coefficient (Wildman–Crippen LogP) is 1.69. The molecule has 2 heterocycles. The van der Waals surface area contributed by atoms with Gasteiger partial charge in [-0.05, 0) is 35.2 Å². The highest BCUT2D eigenvalue weighted by atomic mass is 32.1. The molecule has 25 heavy (non-hydrogen) atoms. The fourth-order valence-corrected chi connectivity index (χ4v) is 4.29. The van der Waals surface area contributed by atoms with Crippen molar-refractivity contribution in [2.45, 2.75) is 44.2 Å². The van der Waals surface area contributed by atoms with E-state index in [9.17, 15) is 9.59 Å². The van der Waals surface area contributed by atoms with Crippen LogP contribution in [0.5, 0.6) is 0 Å². The van der Waals surface area contributed by atoms with Crippen LogP contribution in [0, 0.1) is 0 Å². The minimum Gasteiger partial charge on any atom is -0.379 e. The van der Waals surface area contributed by atoms with Crippen molar-refractivity contribution in [2.75, 3.05) is 32.8 Å². The third kappa shape index (κ3) is 5.26. The van der Waals surface area contributed by atoms with Gasteiger partial charge in [0, 0.05) is 25.7 Å². The third-order valence-electron chi connectivity index (χ3n) is 5.02. The number of ether oxygens (including phenoxy) is 1. The molecule has 1 saturated carbocycles. The molecule has 6 nitrogen and oxygen atoms in total. The van der Waals surface area contributed by atoms with E-state index in [2.05, 4.69) is 27.0 Å². The Hall–Kier alpha value is -1.44. The van der Waals surface area contributed by atoms with E-state index in [0.717, 1.165) is 38.8 Å². The van der Waals surface area contributed by atoms with E-state index in [1.54, 1.807) is 11.3 Å². The van der Waals surface area contributed by atoms with E-state index in [1.807, 2.05) is 5.38 Å². The summed E-state index contributed by atoms with van der Waals surface area (Å²) < 4.78 is 5.43. The van der Waals surface area contributed by atoms with Gasteiger partial charge in [-0.2, -0.15) is 11.3 Å². The van der Waals surface area contributed by atoms with Crippen LogP contribution in [0.3, 0.4) is 0 Å². The molecular weight excluding hydrogens is 338 g/mol. The summed E-state index contributed by atoms with van der Waals surface area (Å²) in [5, 5.41) is 9.85. The number of rotatable bonds is 5. The maximum Gasteiger partial charge on any atom is 0.309 e. The van der Waals surface area contributed by atoms with Gasteiger partial charge in [0.1, 0.15) is 0 Å². The molecule has 1 atom stereocenters. The molecule has 0 aromatic carbocycles. The van der Waals surface area contributed by atoms with Crippen molar-refractivity contribution in [1.29, 1.82) is 0 Å². The molecule has 2 N–H and O–H groups in total. The molecule has 2 fully saturated rings. The highest BCUT2D eigenvalue weighted by Crippen LogP contribution is 2.23. The third-order valence-corrected chi connectivity index (χ3v) is 5.72. The molecule has 1 aromatic heterocycles. The second kappa shape index (κ2) is 9.31. The van der Waals surface area contributed by atoms with Gasteiger partial charge >= 0.3 is 11.8 Å². The summed E-state index contributed by atoms with van der Waals surface area (Å²) in [5.41, 5.74) is 1.18. The van der Waals surface area contributed by atoms with Crippen LogP contribution in [-0.4, -0.2) is 55.6 Å². The maximum atomic E-state index is 12.2. The SMILES string of the molecule is O=C(NCC(c1ccsc1)N1CCOCC1)C(=O)NC1CCCCC1. The standard InChI is InChI=1S/C18H27N3O3S/c22-17(18(23)20-15-4-2-1-3-5-15)19-12-16(14-6-11-25-13-14)21-7-9-24-10-8-21/h6,11,13,15-16H,1-5,7-10,12H2,(H,19,22)(H,20,23). The second-order valence-electron chi connectivity index (χ2n) is 6.74. The summed E-state index contributed by atoms with van der Waals surface area (Å²) in [6, 6.07) is 2.32. The van der Waals surface area contributed by atoms with E-state index in [-0.39, 0.29) is 12.1 Å². The number of amides is 2. The van der Waals surface area contributed by atoms with Crippen LogP contribution in [-0.2, 0) is 14.3 Å². The average Bonchev–Trinajstić information content (AvgIpc) is 3.18. The van der Waals surface area contributed by atoms with Crippen LogP contribution in [0.15, 0.2) is 16.8 Å². The molecule has 1 unspecified atom stereocenters. The van der Waals surface area contributed by atoms with Crippen LogP contribution < -0.4 is 10.6 Å². The highest BCUT2D eigenvalue weighted by Gasteiger charge is 2.25. The van der Waals surface area contributed by atoms with Crippen molar-refractivity contribution < 1.29 is 14.3 Å². The van der Waals surface area contributed by atoms with Gasteiger partial charge in [-0.15, -0.1) is 0 Å². The van der Waals surface area contributed by atoms with Crippen molar-refractivity contribution >= 4 is 23.2 Å². The minimum atomic E-state index is -0.529. The molecule has 2 aliphatic rings. The van der Waals surface area contributed by atoms with Crippen molar-refractivity contribution in [3.8, 4) is 0 Å². The Morgan fingerprint density at radius 1 is 1.20 bits per heavy atom. The number of carbonyl (C=O) groups is 2. The monoisotopic (exact) mass is 365 g/mol. The lowest BCUT2D eigenvalue weighted by atomic mass is 9.95. The first-order chi connectivity index (χ1) is 12.2. The van der Waals surface area contributed by atoms with Crippen LogP contribution in [0.25, 0.3) is 0 Å². The average molecular weight is 365 g/mol. The largest absolute Gasteiger partial charge is 0.379 e. The number of morpholine rings is 1. The molecule has 1 aliphatic carbocycles. The smallest absolute Gasteiger partial charge is 0.309 e. The molecule has 7 heteroatoms. The summed E-state index contributed by atoms with van der Waals surface area (Å²) >= 11 is 1.65. The summed E-state index contributed by atoms with van der Waals surface area (Å²) in [5.74, 6) is -1.03. The zero-order chi connectivity index (χ0) is 17.5. The highest BCUT2D eigenvalue weighted by molar-refractivity contribution is 7.07. The molecule has 3 rings (SSSR count). The quantitative estimate of drug-likeness (QED) is 0.779. The summed E-state index contributed by atoms with van der Waals surface area (Å²) in [6.07, 6.45) is 5.43. The van der Waals surface area contributed by atoms with Crippen LogP contribution in [0.1, 0.15) is 43.7 Å². The Kier molecular flexibility index (Phi) is 6.84. The lowest BCUT2D eigenvalue weighted by Gasteiger charge is -2.34. The molecule has 1 saturated heterocycles. The Balaban J connectivity index is 1.52. The van der Waals surface area contributed by atoms with E-state index >= 15 is 0 Å². The van der Waals surface area contributed by atoms with E-state index in [1.165, 1.54) is 12.0 Å². The Morgan fingerprint density at radius 3 is 2.64 bits per heavy atom. The van der Waals surface area contributed by atoms with Gasteiger partial charge in [0.05, 0.1) is 19.3 Å². The van der Waals surface area contributed by atoms with Gasteiger partial charge < -0.3 is 15.4 Å². The summed E-state index contributed by atoms with van der Waals surface area (Å²) in [4.78, 5) is 26.7. The zero-order valence-corrected chi connectivity index (χ0v) is 15.4. The molecule has 1 aliphatic heterocycles.